The summed E-state index contributed by atoms with van der Waals surface area (Å²) in [4.78, 5) is 16.6. The maximum atomic E-state index is 12.3. The van der Waals surface area contributed by atoms with Gasteiger partial charge in [-0.3, -0.25) is 9.36 Å². The Morgan fingerprint density at radius 3 is 2.89 bits per heavy atom. The second-order valence-corrected chi connectivity index (χ2v) is 5.10. The maximum absolute atomic E-state index is 12.3. The van der Waals surface area contributed by atoms with Crippen LogP contribution in [0.15, 0.2) is 20.9 Å². The van der Waals surface area contributed by atoms with E-state index in [0.29, 0.717) is 22.9 Å². The van der Waals surface area contributed by atoms with Gasteiger partial charge in [0.25, 0.3) is 5.56 Å². The smallest absolute Gasteiger partial charge is 0.271 e. The van der Waals surface area contributed by atoms with E-state index < -0.39 is 0 Å². The van der Waals surface area contributed by atoms with Gasteiger partial charge in [0.05, 0.1) is 11.8 Å². The van der Waals surface area contributed by atoms with Crippen LogP contribution >= 0.6 is 11.3 Å². The van der Waals surface area contributed by atoms with E-state index >= 15 is 0 Å². The highest BCUT2D eigenvalue weighted by molar-refractivity contribution is 7.17. The maximum Gasteiger partial charge on any atom is 0.271 e. The van der Waals surface area contributed by atoms with Crippen LogP contribution < -0.4 is 5.56 Å². The lowest BCUT2D eigenvalue weighted by Crippen LogP contribution is -2.20. The van der Waals surface area contributed by atoms with E-state index in [0.717, 1.165) is 11.1 Å². The molecule has 3 aromatic heterocycles. The zero-order valence-corrected chi connectivity index (χ0v) is 11.4. The fourth-order valence-corrected chi connectivity index (χ4v) is 2.76. The molecule has 0 bridgehead atoms. The van der Waals surface area contributed by atoms with Crippen LogP contribution in [-0.2, 0) is 13.0 Å². The van der Waals surface area contributed by atoms with Crippen molar-refractivity contribution in [3.05, 3.63) is 39.4 Å². The summed E-state index contributed by atoms with van der Waals surface area (Å²) in [6.07, 6.45) is 2.21. The molecule has 3 aromatic rings. The van der Waals surface area contributed by atoms with Crippen molar-refractivity contribution < 1.29 is 4.42 Å². The Morgan fingerprint density at radius 1 is 1.37 bits per heavy atom. The molecule has 0 saturated carbocycles. The van der Waals surface area contributed by atoms with Gasteiger partial charge in [0, 0.05) is 6.42 Å². The number of rotatable bonds is 3. The average Bonchev–Trinajstić information content (AvgIpc) is 3.00. The van der Waals surface area contributed by atoms with Crippen molar-refractivity contribution in [1.82, 2.24) is 19.7 Å². The lowest BCUT2D eigenvalue weighted by molar-refractivity contribution is 0.439. The van der Waals surface area contributed by atoms with Crippen molar-refractivity contribution in [3.8, 4) is 0 Å². The van der Waals surface area contributed by atoms with Gasteiger partial charge >= 0.3 is 0 Å². The first-order chi connectivity index (χ1) is 9.19. The molecule has 6 nitrogen and oxygen atoms in total. The number of fused-ring (bicyclic) bond motifs is 1. The predicted molar refractivity (Wildman–Crippen MR) is 71.4 cm³/mol. The lowest BCUT2D eigenvalue weighted by atomic mass is 10.3. The van der Waals surface area contributed by atoms with Gasteiger partial charge in [0.2, 0.25) is 11.8 Å². The Balaban J connectivity index is 2.01. The third kappa shape index (κ3) is 2.06. The number of aryl methyl sites for hydroxylation is 2. The molecule has 0 aromatic carbocycles. The van der Waals surface area contributed by atoms with E-state index in [1.807, 2.05) is 19.2 Å². The Hall–Kier alpha value is -2.02. The van der Waals surface area contributed by atoms with Gasteiger partial charge in [-0.05, 0) is 17.9 Å². The van der Waals surface area contributed by atoms with Crippen LogP contribution in [0.5, 0.6) is 0 Å². The van der Waals surface area contributed by atoms with Gasteiger partial charge in [-0.1, -0.05) is 6.92 Å². The Kier molecular flexibility index (Phi) is 2.90. The molecule has 19 heavy (non-hydrogen) atoms. The van der Waals surface area contributed by atoms with Crippen molar-refractivity contribution in [2.75, 3.05) is 0 Å². The van der Waals surface area contributed by atoms with Crippen LogP contribution in [0.3, 0.4) is 0 Å². The van der Waals surface area contributed by atoms with Gasteiger partial charge in [-0.15, -0.1) is 21.5 Å². The molecular weight excluding hydrogens is 264 g/mol. The molecule has 0 atom stereocenters. The Morgan fingerprint density at radius 2 is 2.16 bits per heavy atom. The number of hydrogen-bond donors (Lipinski definition) is 0. The first-order valence-electron chi connectivity index (χ1n) is 5.93. The summed E-state index contributed by atoms with van der Waals surface area (Å²) in [5, 5.41) is 9.72. The monoisotopic (exact) mass is 276 g/mol. The SMILES string of the molecule is CCc1nnc(Cn2cnc3c(C)csc3c2=O)o1. The molecule has 0 saturated heterocycles. The topological polar surface area (TPSA) is 73.8 Å². The molecule has 0 aliphatic carbocycles. The molecular formula is C12H12N4O2S. The summed E-state index contributed by atoms with van der Waals surface area (Å²) >= 11 is 1.41. The number of aromatic nitrogens is 4. The molecule has 0 spiro atoms. The minimum absolute atomic E-state index is 0.0700. The number of thiophene rings is 1. The van der Waals surface area contributed by atoms with Gasteiger partial charge in [-0.25, -0.2) is 4.98 Å². The molecule has 0 radical (unpaired) electrons. The molecule has 0 aliphatic heterocycles. The van der Waals surface area contributed by atoms with Crippen LogP contribution in [0.25, 0.3) is 10.2 Å². The highest BCUT2D eigenvalue weighted by atomic mass is 32.1. The van der Waals surface area contributed by atoms with Gasteiger partial charge < -0.3 is 4.42 Å². The summed E-state index contributed by atoms with van der Waals surface area (Å²) in [5.74, 6) is 0.998. The zero-order valence-electron chi connectivity index (χ0n) is 10.6. The number of hydrogen-bond acceptors (Lipinski definition) is 6. The highest BCUT2D eigenvalue weighted by Gasteiger charge is 2.11. The molecule has 0 fully saturated rings. The molecule has 98 valence electrons. The van der Waals surface area contributed by atoms with Crippen molar-refractivity contribution in [1.29, 1.82) is 0 Å². The quantitative estimate of drug-likeness (QED) is 0.728. The first kappa shape index (κ1) is 12.0. The van der Waals surface area contributed by atoms with E-state index in [1.165, 1.54) is 22.2 Å². The van der Waals surface area contributed by atoms with Crippen LogP contribution in [-0.4, -0.2) is 19.7 Å². The highest BCUT2D eigenvalue weighted by Crippen LogP contribution is 2.19. The van der Waals surface area contributed by atoms with Crippen LogP contribution in [0.2, 0.25) is 0 Å². The second kappa shape index (κ2) is 4.58. The fraction of sp³-hybridized carbons (Fsp3) is 0.333. The van der Waals surface area contributed by atoms with Crippen LogP contribution in [0.4, 0.5) is 0 Å². The Labute approximate surface area is 112 Å². The molecule has 0 aliphatic rings. The molecule has 0 amide bonds. The molecule has 3 rings (SSSR count). The third-order valence-corrected chi connectivity index (χ3v) is 3.92. The van der Waals surface area contributed by atoms with E-state index in [4.69, 9.17) is 4.42 Å². The van der Waals surface area contributed by atoms with Crippen molar-refractivity contribution in [2.24, 2.45) is 0 Å². The van der Waals surface area contributed by atoms with E-state index in [2.05, 4.69) is 15.2 Å². The van der Waals surface area contributed by atoms with Crippen molar-refractivity contribution >= 4 is 21.6 Å². The summed E-state index contributed by atoms with van der Waals surface area (Å²) in [7, 11) is 0. The molecule has 3 heterocycles. The van der Waals surface area contributed by atoms with Crippen LogP contribution in [0, 0.1) is 6.92 Å². The minimum Gasteiger partial charge on any atom is -0.423 e. The van der Waals surface area contributed by atoms with Gasteiger partial charge in [0.1, 0.15) is 11.2 Å². The molecule has 0 unspecified atom stereocenters. The average molecular weight is 276 g/mol. The summed E-state index contributed by atoms with van der Waals surface area (Å²) in [6, 6.07) is 0. The number of nitrogens with zero attached hydrogens (tertiary/aromatic N) is 4. The van der Waals surface area contributed by atoms with Gasteiger partial charge in [0.15, 0.2) is 0 Å². The summed E-state index contributed by atoms with van der Waals surface area (Å²) in [5.41, 5.74) is 1.72. The Bertz CT molecular complexity index is 786. The van der Waals surface area contributed by atoms with E-state index in [9.17, 15) is 4.79 Å². The van der Waals surface area contributed by atoms with Crippen LogP contribution in [0.1, 0.15) is 24.3 Å². The predicted octanol–water partition coefficient (Wildman–Crippen LogP) is 1.76. The zero-order chi connectivity index (χ0) is 13.4. The molecule has 7 heteroatoms. The first-order valence-corrected chi connectivity index (χ1v) is 6.81. The fourth-order valence-electron chi connectivity index (χ4n) is 1.81. The van der Waals surface area contributed by atoms with Crippen molar-refractivity contribution in [3.63, 3.8) is 0 Å². The van der Waals surface area contributed by atoms with E-state index in [1.54, 1.807) is 0 Å². The summed E-state index contributed by atoms with van der Waals surface area (Å²) in [6.45, 7) is 4.14. The lowest BCUT2D eigenvalue weighted by Gasteiger charge is -2.01. The van der Waals surface area contributed by atoms with Gasteiger partial charge in [-0.2, -0.15) is 0 Å². The largest absolute Gasteiger partial charge is 0.423 e. The van der Waals surface area contributed by atoms with Crippen molar-refractivity contribution in [2.45, 2.75) is 26.8 Å². The van der Waals surface area contributed by atoms with E-state index in [-0.39, 0.29) is 12.1 Å². The summed E-state index contributed by atoms with van der Waals surface area (Å²) < 4.78 is 7.56. The minimum atomic E-state index is -0.0700. The second-order valence-electron chi connectivity index (χ2n) is 4.22. The third-order valence-electron chi connectivity index (χ3n) is 2.84. The standard InChI is InChI=1S/C12H12N4O2S/c1-3-8-14-15-9(18-8)4-16-6-13-10-7(2)5-19-11(10)12(16)17/h5-6H,3-4H2,1-2H3. The normalized spacial score (nSPS) is 11.3. The molecule has 0 N–H and O–H groups in total.